The minimum absolute atomic E-state index is 0.0101. The van der Waals surface area contributed by atoms with Crippen molar-refractivity contribution in [3.63, 3.8) is 0 Å². The van der Waals surface area contributed by atoms with Crippen molar-refractivity contribution >= 4 is 33.3 Å². The highest BCUT2D eigenvalue weighted by Crippen LogP contribution is 2.16. The maximum Gasteiger partial charge on any atom is 0.321 e. The SMILES string of the molecule is O=C(O)CC[C@@H](NS(=O)(=O)c1cccs1)C(=O)O. The van der Waals surface area contributed by atoms with Crippen molar-refractivity contribution in [1.29, 1.82) is 0 Å². The highest BCUT2D eigenvalue weighted by Gasteiger charge is 2.26. The van der Waals surface area contributed by atoms with E-state index in [1.54, 1.807) is 5.38 Å². The number of hydrogen-bond acceptors (Lipinski definition) is 5. The van der Waals surface area contributed by atoms with Crippen LogP contribution >= 0.6 is 11.3 Å². The smallest absolute Gasteiger partial charge is 0.321 e. The topological polar surface area (TPSA) is 121 Å². The molecule has 0 fully saturated rings. The first kappa shape index (κ1) is 14.6. The Kier molecular flexibility index (Phi) is 4.82. The van der Waals surface area contributed by atoms with Gasteiger partial charge in [-0.05, 0) is 17.9 Å². The first-order chi connectivity index (χ1) is 8.33. The van der Waals surface area contributed by atoms with E-state index in [0.717, 1.165) is 11.3 Å². The van der Waals surface area contributed by atoms with Gasteiger partial charge in [-0.25, -0.2) is 8.42 Å². The molecule has 100 valence electrons. The minimum atomic E-state index is -3.91. The van der Waals surface area contributed by atoms with Gasteiger partial charge >= 0.3 is 11.9 Å². The van der Waals surface area contributed by atoms with E-state index in [1.165, 1.54) is 12.1 Å². The Balaban J connectivity index is 2.78. The molecule has 1 aromatic heterocycles. The third-order valence-electron chi connectivity index (χ3n) is 2.00. The third-order valence-corrected chi connectivity index (χ3v) is 4.87. The molecule has 1 heterocycles. The number of nitrogens with one attached hydrogen (secondary N) is 1. The van der Waals surface area contributed by atoms with E-state index in [2.05, 4.69) is 0 Å². The Morgan fingerprint density at radius 2 is 2.06 bits per heavy atom. The van der Waals surface area contributed by atoms with Crippen LogP contribution in [0.2, 0.25) is 0 Å². The van der Waals surface area contributed by atoms with Gasteiger partial charge in [0.25, 0.3) is 10.0 Å². The number of aliphatic carboxylic acids is 2. The van der Waals surface area contributed by atoms with Crippen LogP contribution in [-0.2, 0) is 19.6 Å². The second kappa shape index (κ2) is 5.94. The average molecular weight is 293 g/mol. The van der Waals surface area contributed by atoms with Gasteiger partial charge in [-0.1, -0.05) is 6.07 Å². The molecule has 0 bridgehead atoms. The van der Waals surface area contributed by atoms with Crippen molar-refractivity contribution in [2.45, 2.75) is 23.1 Å². The summed E-state index contributed by atoms with van der Waals surface area (Å²) in [5.74, 6) is -2.59. The van der Waals surface area contributed by atoms with Gasteiger partial charge in [0.15, 0.2) is 0 Å². The monoisotopic (exact) mass is 293 g/mol. The van der Waals surface area contributed by atoms with Crippen molar-refractivity contribution in [1.82, 2.24) is 4.72 Å². The Bertz CT molecular complexity index is 521. The second-order valence-corrected chi connectivity index (χ2v) is 6.27. The van der Waals surface area contributed by atoms with Gasteiger partial charge in [0.1, 0.15) is 10.3 Å². The van der Waals surface area contributed by atoms with Gasteiger partial charge in [0, 0.05) is 6.42 Å². The summed E-state index contributed by atoms with van der Waals surface area (Å²) in [6.45, 7) is 0. The lowest BCUT2D eigenvalue weighted by Crippen LogP contribution is -2.40. The van der Waals surface area contributed by atoms with Crippen LogP contribution in [0.1, 0.15) is 12.8 Å². The molecule has 0 saturated carbocycles. The summed E-state index contributed by atoms with van der Waals surface area (Å²) in [6.07, 6.45) is -0.737. The van der Waals surface area contributed by atoms with E-state index in [1.807, 2.05) is 4.72 Å². The molecule has 0 saturated heterocycles. The number of hydrogen-bond donors (Lipinski definition) is 3. The van der Waals surface area contributed by atoms with Gasteiger partial charge in [-0.2, -0.15) is 4.72 Å². The molecule has 0 aliphatic carbocycles. The summed E-state index contributed by atoms with van der Waals surface area (Å²) < 4.78 is 25.4. The molecule has 9 heteroatoms. The average Bonchev–Trinajstić information content (AvgIpc) is 2.77. The molecule has 0 amide bonds. The molecule has 18 heavy (non-hydrogen) atoms. The van der Waals surface area contributed by atoms with E-state index in [0.29, 0.717) is 0 Å². The van der Waals surface area contributed by atoms with E-state index in [9.17, 15) is 18.0 Å². The summed E-state index contributed by atoms with van der Waals surface area (Å²) in [5.41, 5.74) is 0. The van der Waals surface area contributed by atoms with Crippen LogP contribution in [0.5, 0.6) is 0 Å². The molecular weight excluding hydrogens is 282 g/mol. The zero-order chi connectivity index (χ0) is 13.8. The van der Waals surface area contributed by atoms with Crippen molar-refractivity contribution in [2.75, 3.05) is 0 Å². The first-order valence-electron chi connectivity index (χ1n) is 4.83. The summed E-state index contributed by atoms with van der Waals surface area (Å²) in [4.78, 5) is 21.2. The molecule has 0 aliphatic rings. The van der Waals surface area contributed by atoms with Crippen LogP contribution in [-0.4, -0.2) is 36.6 Å². The lowest BCUT2D eigenvalue weighted by Gasteiger charge is -2.12. The van der Waals surface area contributed by atoms with E-state index in [-0.39, 0.29) is 10.6 Å². The van der Waals surface area contributed by atoms with Crippen LogP contribution in [0.15, 0.2) is 21.7 Å². The zero-order valence-electron chi connectivity index (χ0n) is 9.07. The van der Waals surface area contributed by atoms with Crippen LogP contribution < -0.4 is 4.72 Å². The molecular formula is C9H11NO6S2. The van der Waals surface area contributed by atoms with Crippen molar-refractivity contribution < 1.29 is 28.2 Å². The molecule has 1 rings (SSSR count). The summed E-state index contributed by atoms with van der Waals surface area (Å²) >= 11 is 0.948. The Hall–Kier alpha value is -1.45. The lowest BCUT2D eigenvalue weighted by molar-refractivity contribution is -0.140. The number of sulfonamides is 1. The fourth-order valence-electron chi connectivity index (χ4n) is 1.16. The number of carboxylic acid groups (broad SMARTS) is 2. The molecule has 7 nitrogen and oxygen atoms in total. The molecule has 0 aliphatic heterocycles. The Morgan fingerprint density at radius 3 is 2.50 bits per heavy atom. The Labute approximate surface area is 107 Å². The molecule has 0 radical (unpaired) electrons. The third kappa shape index (κ3) is 4.09. The molecule has 1 atom stereocenters. The highest BCUT2D eigenvalue weighted by atomic mass is 32.2. The van der Waals surface area contributed by atoms with Gasteiger partial charge in [-0.15, -0.1) is 11.3 Å². The van der Waals surface area contributed by atoms with Crippen molar-refractivity contribution in [3.05, 3.63) is 17.5 Å². The summed E-state index contributed by atoms with van der Waals surface area (Å²) in [5, 5.41) is 18.8. The number of carboxylic acids is 2. The number of rotatable bonds is 7. The van der Waals surface area contributed by atoms with Gasteiger partial charge in [0.05, 0.1) is 0 Å². The number of carbonyl (C=O) groups is 2. The summed E-state index contributed by atoms with van der Waals surface area (Å²) in [7, 11) is -3.91. The van der Waals surface area contributed by atoms with E-state index >= 15 is 0 Å². The predicted octanol–water partition coefficient (Wildman–Crippen LogP) is 0.344. The first-order valence-corrected chi connectivity index (χ1v) is 7.19. The van der Waals surface area contributed by atoms with Gasteiger partial charge < -0.3 is 10.2 Å². The predicted molar refractivity (Wildman–Crippen MR) is 62.9 cm³/mol. The largest absolute Gasteiger partial charge is 0.481 e. The van der Waals surface area contributed by atoms with Crippen molar-refractivity contribution in [3.8, 4) is 0 Å². The normalized spacial score (nSPS) is 13.1. The molecule has 0 spiro atoms. The maximum atomic E-state index is 11.7. The second-order valence-electron chi connectivity index (χ2n) is 3.38. The Morgan fingerprint density at radius 1 is 1.39 bits per heavy atom. The molecule has 0 unspecified atom stereocenters. The lowest BCUT2D eigenvalue weighted by atomic mass is 10.2. The molecule has 3 N–H and O–H groups in total. The van der Waals surface area contributed by atoms with Crippen LogP contribution in [0.3, 0.4) is 0 Å². The van der Waals surface area contributed by atoms with Crippen molar-refractivity contribution in [2.24, 2.45) is 0 Å². The highest BCUT2D eigenvalue weighted by molar-refractivity contribution is 7.91. The van der Waals surface area contributed by atoms with Gasteiger partial charge in [0.2, 0.25) is 0 Å². The fraction of sp³-hybridized carbons (Fsp3) is 0.333. The quantitative estimate of drug-likeness (QED) is 0.666. The standard InChI is InChI=1S/C9H11NO6S2/c11-7(12)4-3-6(9(13)14)10-18(15,16)8-2-1-5-17-8/h1-2,5-6,10H,3-4H2,(H,11,12)(H,13,14)/t6-/m1/s1. The summed E-state index contributed by atoms with van der Waals surface area (Å²) in [6, 6.07) is 1.41. The molecule has 0 aromatic carbocycles. The zero-order valence-corrected chi connectivity index (χ0v) is 10.7. The number of thiophene rings is 1. The van der Waals surface area contributed by atoms with E-state index < -0.39 is 34.4 Å². The fourth-order valence-corrected chi connectivity index (χ4v) is 3.40. The minimum Gasteiger partial charge on any atom is -0.481 e. The van der Waals surface area contributed by atoms with E-state index in [4.69, 9.17) is 10.2 Å². The van der Waals surface area contributed by atoms with Crippen LogP contribution in [0, 0.1) is 0 Å². The van der Waals surface area contributed by atoms with Gasteiger partial charge in [-0.3, -0.25) is 9.59 Å². The van der Waals surface area contributed by atoms with Crippen LogP contribution in [0.4, 0.5) is 0 Å². The molecule has 1 aromatic rings. The maximum absolute atomic E-state index is 11.7. The van der Waals surface area contributed by atoms with Crippen LogP contribution in [0.25, 0.3) is 0 Å².